The van der Waals surface area contributed by atoms with Crippen molar-refractivity contribution in [2.45, 2.75) is 20.4 Å². The molecular weight excluding hydrogens is 398 g/mol. The van der Waals surface area contributed by atoms with Crippen molar-refractivity contribution in [3.63, 3.8) is 0 Å². The first kappa shape index (κ1) is 18.7. The van der Waals surface area contributed by atoms with Crippen LogP contribution in [0.3, 0.4) is 0 Å². The summed E-state index contributed by atoms with van der Waals surface area (Å²) in [4.78, 5) is 35.8. The third kappa shape index (κ3) is 2.96. The Hall–Kier alpha value is -4.34. The molecule has 0 unspecified atom stereocenters. The Balaban J connectivity index is 1.48. The minimum atomic E-state index is -0.475. The summed E-state index contributed by atoms with van der Waals surface area (Å²) >= 11 is 0. The van der Waals surface area contributed by atoms with E-state index < -0.39 is 11.8 Å². The Kier molecular flexibility index (Phi) is 4.14. The number of nitrogen functional groups attached to an aromatic ring is 1. The summed E-state index contributed by atoms with van der Waals surface area (Å²) in [6, 6.07) is 9.27. The van der Waals surface area contributed by atoms with Gasteiger partial charge in [0, 0.05) is 12.4 Å². The molecule has 0 radical (unpaired) electrons. The van der Waals surface area contributed by atoms with Gasteiger partial charge in [0.15, 0.2) is 11.5 Å². The number of amides is 2. The molecule has 4 heterocycles. The lowest BCUT2D eigenvalue weighted by atomic mass is 10.0. The zero-order valence-corrected chi connectivity index (χ0v) is 16.7. The number of hydrogen-bond donors (Lipinski definition) is 1. The van der Waals surface area contributed by atoms with Gasteiger partial charge in [0.1, 0.15) is 0 Å². The number of benzene rings is 1. The van der Waals surface area contributed by atoms with Crippen molar-refractivity contribution in [1.82, 2.24) is 29.8 Å². The summed E-state index contributed by atoms with van der Waals surface area (Å²) in [5.41, 5.74) is 8.85. The molecule has 10 heteroatoms. The first-order chi connectivity index (χ1) is 14.9. The van der Waals surface area contributed by atoms with Gasteiger partial charge >= 0.3 is 0 Å². The van der Waals surface area contributed by atoms with E-state index in [1.807, 2.05) is 36.5 Å². The topological polar surface area (TPSA) is 133 Å². The molecule has 0 saturated carbocycles. The van der Waals surface area contributed by atoms with Gasteiger partial charge in [-0.05, 0) is 37.6 Å². The largest absolute Gasteiger partial charge is 0.396 e. The minimum absolute atomic E-state index is 0.0548. The number of hydrogen-bond acceptors (Lipinski definition) is 8. The molecule has 1 aromatic carbocycles. The van der Waals surface area contributed by atoms with Crippen LogP contribution in [0.25, 0.3) is 17.3 Å². The summed E-state index contributed by atoms with van der Waals surface area (Å²) in [5.74, 6) is -0.386. The van der Waals surface area contributed by atoms with E-state index in [1.165, 1.54) is 4.90 Å². The fourth-order valence-corrected chi connectivity index (χ4v) is 3.62. The second-order valence-corrected chi connectivity index (χ2v) is 7.17. The number of aromatic nitrogens is 5. The molecule has 1 aliphatic rings. The molecule has 0 saturated heterocycles. The van der Waals surface area contributed by atoms with E-state index in [0.717, 1.165) is 11.3 Å². The molecule has 3 aromatic heterocycles. The second kappa shape index (κ2) is 6.87. The quantitative estimate of drug-likeness (QED) is 0.502. The lowest BCUT2D eigenvalue weighted by molar-refractivity contribution is 0.0642. The van der Waals surface area contributed by atoms with Crippen molar-refractivity contribution in [1.29, 1.82) is 0 Å². The zero-order chi connectivity index (χ0) is 21.7. The molecule has 0 atom stereocenters. The third-order valence-electron chi connectivity index (χ3n) is 5.11. The van der Waals surface area contributed by atoms with Crippen LogP contribution in [-0.2, 0) is 6.54 Å². The predicted octanol–water partition coefficient (Wildman–Crippen LogP) is 2.31. The van der Waals surface area contributed by atoms with Crippen LogP contribution in [0.1, 0.15) is 37.8 Å². The van der Waals surface area contributed by atoms with Crippen molar-refractivity contribution in [2.75, 3.05) is 5.73 Å². The van der Waals surface area contributed by atoms with Gasteiger partial charge in [0.05, 0.1) is 34.7 Å². The van der Waals surface area contributed by atoms with Crippen molar-refractivity contribution >= 4 is 17.5 Å². The summed E-state index contributed by atoms with van der Waals surface area (Å²) < 4.78 is 6.88. The third-order valence-corrected chi connectivity index (χ3v) is 5.11. The van der Waals surface area contributed by atoms with Crippen molar-refractivity contribution in [2.24, 2.45) is 0 Å². The van der Waals surface area contributed by atoms with Gasteiger partial charge in [0.25, 0.3) is 17.7 Å². The van der Waals surface area contributed by atoms with Crippen molar-refractivity contribution < 1.29 is 14.1 Å². The maximum absolute atomic E-state index is 13.1. The average Bonchev–Trinajstić information content (AvgIpc) is 3.49. The molecule has 5 rings (SSSR count). The van der Waals surface area contributed by atoms with Gasteiger partial charge in [-0.3, -0.25) is 14.5 Å². The lowest BCUT2D eigenvalue weighted by Crippen LogP contribution is -2.29. The number of nitrogens with zero attached hydrogens (tertiary/aromatic N) is 6. The highest BCUT2D eigenvalue weighted by molar-refractivity contribution is 6.24. The zero-order valence-electron chi connectivity index (χ0n) is 16.7. The molecule has 10 nitrogen and oxygen atoms in total. The molecule has 0 bridgehead atoms. The van der Waals surface area contributed by atoms with E-state index in [2.05, 4.69) is 20.2 Å². The fourth-order valence-electron chi connectivity index (χ4n) is 3.62. The first-order valence-corrected chi connectivity index (χ1v) is 9.50. The summed E-state index contributed by atoms with van der Waals surface area (Å²) in [5, 5.41) is 7.92. The molecule has 0 aliphatic carbocycles. The van der Waals surface area contributed by atoms with Crippen LogP contribution in [-0.4, -0.2) is 41.6 Å². The van der Waals surface area contributed by atoms with Gasteiger partial charge in [-0.25, -0.2) is 9.67 Å². The molecule has 31 heavy (non-hydrogen) atoms. The Morgan fingerprint density at radius 2 is 1.77 bits per heavy atom. The molecule has 2 amide bonds. The maximum atomic E-state index is 13.1. The Bertz CT molecular complexity index is 1320. The average molecular weight is 415 g/mol. The number of aryl methyl sites for hydroxylation is 2. The lowest BCUT2D eigenvalue weighted by Gasteiger charge is -2.14. The van der Waals surface area contributed by atoms with Crippen LogP contribution in [0.5, 0.6) is 0 Å². The highest BCUT2D eigenvalue weighted by atomic mass is 16.5. The van der Waals surface area contributed by atoms with Gasteiger partial charge in [-0.1, -0.05) is 17.3 Å². The maximum Gasteiger partial charge on any atom is 0.278 e. The molecule has 0 fully saturated rings. The number of carbonyl (C=O) groups is 2. The highest BCUT2D eigenvalue weighted by Crippen LogP contribution is 2.35. The van der Waals surface area contributed by atoms with E-state index >= 15 is 0 Å². The predicted molar refractivity (Wildman–Crippen MR) is 109 cm³/mol. The monoisotopic (exact) mass is 415 g/mol. The Labute approximate surface area is 176 Å². The Morgan fingerprint density at radius 1 is 1.03 bits per heavy atom. The number of nitrogens with two attached hydrogens (primary N) is 1. The first-order valence-electron chi connectivity index (χ1n) is 9.50. The number of rotatable bonds is 4. The molecule has 154 valence electrons. The fraction of sp³-hybridized carbons (Fsp3) is 0.143. The number of imide groups is 1. The van der Waals surface area contributed by atoms with E-state index in [-0.39, 0.29) is 34.9 Å². The van der Waals surface area contributed by atoms with Crippen LogP contribution in [0, 0.1) is 13.8 Å². The van der Waals surface area contributed by atoms with Crippen LogP contribution < -0.4 is 5.73 Å². The molecule has 0 spiro atoms. The smallest absolute Gasteiger partial charge is 0.278 e. The number of fused-ring (bicyclic) bond motifs is 1. The molecular formula is C21H17N7O3. The SMILES string of the molecule is Cc1noc(-c2nc(C)c3c(c2N)C(=O)N(Cc2ccc(-n4cccn4)cc2)C3=O)n1. The second-order valence-electron chi connectivity index (χ2n) is 7.17. The van der Waals surface area contributed by atoms with Gasteiger partial charge in [0.2, 0.25) is 0 Å². The molecule has 1 aliphatic heterocycles. The van der Waals surface area contributed by atoms with Crippen molar-refractivity contribution in [3.8, 4) is 17.3 Å². The summed E-state index contributed by atoms with van der Waals surface area (Å²) in [6.07, 6.45) is 3.53. The minimum Gasteiger partial charge on any atom is -0.396 e. The number of pyridine rings is 1. The standard InChI is InChI=1S/C21H17N7O3/c1-11-15-16(17(22)18(24-11)19-25-12(2)26-31-19)21(30)27(20(15)29)10-13-4-6-14(7-5-13)28-9-3-8-23-28/h3-9H,10,22H2,1-2H3. The number of anilines is 1. The van der Waals surface area contributed by atoms with Crippen LogP contribution in [0.2, 0.25) is 0 Å². The van der Waals surface area contributed by atoms with Gasteiger partial charge in [-0.15, -0.1) is 0 Å². The Morgan fingerprint density at radius 3 is 2.42 bits per heavy atom. The van der Waals surface area contributed by atoms with Crippen LogP contribution in [0.4, 0.5) is 5.69 Å². The summed E-state index contributed by atoms with van der Waals surface area (Å²) in [6.45, 7) is 3.43. The van der Waals surface area contributed by atoms with Gasteiger partial charge < -0.3 is 10.3 Å². The normalized spacial score (nSPS) is 13.2. The van der Waals surface area contributed by atoms with Gasteiger partial charge in [-0.2, -0.15) is 10.1 Å². The summed E-state index contributed by atoms with van der Waals surface area (Å²) in [7, 11) is 0. The van der Waals surface area contributed by atoms with E-state index in [1.54, 1.807) is 24.7 Å². The van der Waals surface area contributed by atoms with E-state index in [4.69, 9.17) is 10.3 Å². The highest BCUT2D eigenvalue weighted by Gasteiger charge is 2.40. The van der Waals surface area contributed by atoms with Crippen LogP contribution >= 0.6 is 0 Å². The van der Waals surface area contributed by atoms with E-state index in [0.29, 0.717) is 11.5 Å². The van der Waals surface area contributed by atoms with Crippen LogP contribution in [0.15, 0.2) is 47.2 Å². The molecule has 2 N–H and O–H groups in total. The molecule has 4 aromatic rings. The van der Waals surface area contributed by atoms with Crippen molar-refractivity contribution in [3.05, 3.63) is 70.9 Å². The number of carbonyl (C=O) groups excluding carboxylic acids is 2. The van der Waals surface area contributed by atoms with E-state index in [9.17, 15) is 9.59 Å².